The molecule has 0 fully saturated rings. The van der Waals surface area contributed by atoms with Crippen LogP contribution in [0.3, 0.4) is 0 Å². The maximum atomic E-state index is 13.7. The number of nitrogens with two attached hydrogens (primary N) is 1. The monoisotopic (exact) mass is 558 g/mol. The third-order valence-electron chi connectivity index (χ3n) is 5.75. The van der Waals surface area contributed by atoms with Crippen molar-refractivity contribution in [2.45, 2.75) is 65.8 Å². The van der Waals surface area contributed by atoms with E-state index >= 15 is 0 Å². The van der Waals surface area contributed by atoms with E-state index in [-0.39, 0.29) is 25.4 Å². The zero-order valence-electron chi connectivity index (χ0n) is 24.4. The lowest BCUT2D eigenvalue weighted by atomic mass is 10.1. The van der Waals surface area contributed by atoms with Crippen molar-refractivity contribution in [2.24, 2.45) is 0 Å². The summed E-state index contributed by atoms with van der Waals surface area (Å²) in [5, 5.41) is 5.12. The smallest absolute Gasteiger partial charge is 0.435 e. The number of nitrogen functional groups attached to an aromatic ring is 1. The Labute approximate surface area is 234 Å². The summed E-state index contributed by atoms with van der Waals surface area (Å²) in [6, 6.07) is 9.60. The molecule has 3 rings (SSSR count). The fourth-order valence-electron chi connectivity index (χ4n) is 3.92. The molecule has 1 atom stereocenters. The number of methoxy groups -OCH3 is 1. The minimum Gasteiger partial charge on any atom is -0.492 e. The second kappa shape index (κ2) is 12.1. The number of carbonyl (C=O) groups excluding carboxylic acids is 2. The van der Waals surface area contributed by atoms with Crippen LogP contribution in [0.25, 0.3) is 10.9 Å². The highest BCUT2D eigenvalue weighted by atomic mass is 19.1. The average molecular weight is 559 g/mol. The van der Waals surface area contributed by atoms with Crippen LogP contribution in [0, 0.1) is 12.7 Å². The second-order valence-corrected chi connectivity index (χ2v) is 11.4. The standard InChI is InChI=1S/C29H39FN4O6/c1-18-21-11-10-20(16-24(21)34(32-18)27(36)40-29(5,6)7)38-14-13-33(26(35)39-28(2,3)4)17-25(37-8)19-9-12-22(30)23(31)15-19/h9-12,15-16,25H,13-14,17,31H2,1-8H3/t25-/m0/s1. The van der Waals surface area contributed by atoms with Gasteiger partial charge in [-0.2, -0.15) is 9.78 Å². The molecule has 0 saturated heterocycles. The Balaban J connectivity index is 1.78. The molecule has 3 aromatic rings. The molecule has 218 valence electrons. The molecule has 1 heterocycles. The highest BCUT2D eigenvalue weighted by molar-refractivity contribution is 5.90. The summed E-state index contributed by atoms with van der Waals surface area (Å²) >= 11 is 0. The van der Waals surface area contributed by atoms with Crippen LogP contribution < -0.4 is 10.5 Å². The van der Waals surface area contributed by atoms with Crippen molar-refractivity contribution >= 4 is 28.8 Å². The number of aromatic nitrogens is 2. The summed E-state index contributed by atoms with van der Waals surface area (Å²) in [4.78, 5) is 27.2. The first-order chi connectivity index (χ1) is 18.6. The van der Waals surface area contributed by atoms with E-state index in [1.54, 1.807) is 59.7 Å². The zero-order valence-corrected chi connectivity index (χ0v) is 24.4. The number of anilines is 1. The number of fused-ring (bicyclic) bond motifs is 1. The number of aryl methyl sites for hydroxylation is 1. The summed E-state index contributed by atoms with van der Waals surface area (Å²) in [5.74, 6) is -0.0490. The first-order valence-electron chi connectivity index (χ1n) is 13.0. The van der Waals surface area contributed by atoms with Crippen molar-refractivity contribution in [1.29, 1.82) is 0 Å². The van der Waals surface area contributed by atoms with E-state index < -0.39 is 35.3 Å². The summed E-state index contributed by atoms with van der Waals surface area (Å²) in [7, 11) is 1.50. The van der Waals surface area contributed by atoms with Crippen LogP contribution >= 0.6 is 0 Å². The molecule has 0 spiro atoms. The summed E-state index contributed by atoms with van der Waals surface area (Å²) in [6.07, 6.45) is -1.73. The number of amides is 1. The van der Waals surface area contributed by atoms with Gasteiger partial charge in [-0.05, 0) is 78.3 Å². The maximum absolute atomic E-state index is 13.7. The summed E-state index contributed by atoms with van der Waals surface area (Å²) in [6.45, 7) is 12.9. The van der Waals surface area contributed by atoms with Crippen molar-refractivity contribution in [3.05, 3.63) is 53.5 Å². The average Bonchev–Trinajstić information content (AvgIpc) is 3.17. The normalized spacial score (nSPS) is 12.7. The van der Waals surface area contributed by atoms with Gasteiger partial charge in [0, 0.05) is 18.6 Å². The van der Waals surface area contributed by atoms with E-state index in [4.69, 9.17) is 24.7 Å². The van der Waals surface area contributed by atoms with Gasteiger partial charge < -0.3 is 29.6 Å². The SMILES string of the molecule is CO[C@@H](CN(CCOc1ccc2c(C)nn(C(=O)OC(C)(C)C)c2c1)C(=O)OC(C)(C)C)c1ccc(F)c(N)c1. The molecular weight excluding hydrogens is 519 g/mol. The Morgan fingerprint density at radius 2 is 1.73 bits per heavy atom. The molecule has 0 unspecified atom stereocenters. The summed E-state index contributed by atoms with van der Waals surface area (Å²) < 4.78 is 37.6. The lowest BCUT2D eigenvalue weighted by Gasteiger charge is -2.30. The van der Waals surface area contributed by atoms with Gasteiger partial charge in [0.05, 0.1) is 36.1 Å². The van der Waals surface area contributed by atoms with E-state index in [9.17, 15) is 14.0 Å². The largest absolute Gasteiger partial charge is 0.492 e. The van der Waals surface area contributed by atoms with E-state index in [1.165, 1.54) is 28.8 Å². The molecule has 10 nitrogen and oxygen atoms in total. The fourth-order valence-corrected chi connectivity index (χ4v) is 3.92. The van der Waals surface area contributed by atoms with Crippen molar-refractivity contribution < 1.29 is 32.9 Å². The van der Waals surface area contributed by atoms with E-state index in [2.05, 4.69) is 5.10 Å². The molecule has 11 heteroatoms. The number of halogens is 1. The molecule has 1 amide bonds. The van der Waals surface area contributed by atoms with Crippen molar-refractivity contribution in [3.63, 3.8) is 0 Å². The highest BCUT2D eigenvalue weighted by Gasteiger charge is 2.26. The van der Waals surface area contributed by atoms with Gasteiger partial charge in [-0.15, -0.1) is 0 Å². The number of rotatable bonds is 8. The predicted molar refractivity (Wildman–Crippen MR) is 150 cm³/mol. The number of benzene rings is 2. The van der Waals surface area contributed by atoms with Gasteiger partial charge in [0.15, 0.2) is 0 Å². The van der Waals surface area contributed by atoms with Crippen LogP contribution in [-0.2, 0) is 14.2 Å². The third-order valence-corrected chi connectivity index (χ3v) is 5.75. The fraction of sp³-hybridized carbons (Fsp3) is 0.483. The lowest BCUT2D eigenvalue weighted by Crippen LogP contribution is -2.41. The Hall–Kier alpha value is -3.86. The van der Waals surface area contributed by atoms with E-state index in [0.29, 0.717) is 22.5 Å². The van der Waals surface area contributed by atoms with Crippen molar-refractivity contribution in [3.8, 4) is 5.75 Å². The molecule has 2 aromatic carbocycles. The number of hydrogen-bond acceptors (Lipinski definition) is 8. The topological polar surface area (TPSA) is 118 Å². The molecule has 0 radical (unpaired) electrons. The molecule has 2 N–H and O–H groups in total. The van der Waals surface area contributed by atoms with Gasteiger partial charge in [0.2, 0.25) is 0 Å². The van der Waals surface area contributed by atoms with Crippen LogP contribution in [0.1, 0.15) is 58.9 Å². The number of hydrogen-bond donors (Lipinski definition) is 1. The quantitative estimate of drug-likeness (QED) is 0.342. The minimum atomic E-state index is -0.720. The molecule has 0 aliphatic heterocycles. The van der Waals surface area contributed by atoms with Crippen LogP contribution in [-0.4, -0.2) is 64.9 Å². The first-order valence-corrected chi connectivity index (χ1v) is 13.0. The van der Waals surface area contributed by atoms with Gasteiger partial charge in [-0.1, -0.05) is 6.07 Å². The predicted octanol–water partition coefficient (Wildman–Crippen LogP) is 5.85. The van der Waals surface area contributed by atoms with Crippen LogP contribution in [0.15, 0.2) is 36.4 Å². The molecule has 0 aliphatic carbocycles. The van der Waals surface area contributed by atoms with Gasteiger partial charge in [-0.25, -0.2) is 14.0 Å². The third kappa shape index (κ3) is 8.08. The van der Waals surface area contributed by atoms with Gasteiger partial charge in [-0.3, -0.25) is 0 Å². The zero-order chi connectivity index (χ0) is 29.8. The van der Waals surface area contributed by atoms with E-state index in [1.807, 2.05) is 13.0 Å². The highest BCUT2D eigenvalue weighted by Crippen LogP contribution is 2.26. The molecule has 1 aromatic heterocycles. The number of nitrogens with zero attached hydrogens (tertiary/aromatic N) is 3. The number of ether oxygens (including phenoxy) is 4. The van der Waals surface area contributed by atoms with Gasteiger partial charge in [0.1, 0.15) is 29.4 Å². The summed E-state index contributed by atoms with van der Waals surface area (Å²) in [5.41, 5.74) is 6.17. The second-order valence-electron chi connectivity index (χ2n) is 11.4. The van der Waals surface area contributed by atoms with E-state index in [0.717, 1.165) is 5.39 Å². The van der Waals surface area contributed by atoms with Crippen LogP contribution in [0.4, 0.5) is 19.7 Å². The van der Waals surface area contributed by atoms with Crippen LogP contribution in [0.2, 0.25) is 0 Å². The Morgan fingerprint density at radius 1 is 1.05 bits per heavy atom. The van der Waals surface area contributed by atoms with Crippen molar-refractivity contribution in [2.75, 3.05) is 32.5 Å². The molecule has 0 bridgehead atoms. The Bertz CT molecular complexity index is 1360. The number of carbonyl (C=O) groups is 2. The minimum absolute atomic E-state index is 0.0112. The van der Waals surface area contributed by atoms with Crippen molar-refractivity contribution in [1.82, 2.24) is 14.7 Å². The van der Waals surface area contributed by atoms with Gasteiger partial charge >= 0.3 is 12.2 Å². The lowest BCUT2D eigenvalue weighted by molar-refractivity contribution is 0.00508. The molecule has 0 saturated carbocycles. The maximum Gasteiger partial charge on any atom is 0.435 e. The Morgan fingerprint density at radius 3 is 2.33 bits per heavy atom. The molecule has 40 heavy (non-hydrogen) atoms. The van der Waals surface area contributed by atoms with Gasteiger partial charge in [0.25, 0.3) is 0 Å². The Kier molecular flexibility index (Phi) is 9.29. The molecule has 0 aliphatic rings. The first kappa shape index (κ1) is 30.7. The molecular formula is C29H39FN4O6. The van der Waals surface area contributed by atoms with Crippen LogP contribution in [0.5, 0.6) is 5.75 Å².